The number of hydrogen-bond acceptors (Lipinski definition) is 3. The van der Waals surface area contributed by atoms with Crippen LogP contribution in [-0.4, -0.2) is 24.4 Å². The number of halogens is 1. The molecule has 0 atom stereocenters. The summed E-state index contributed by atoms with van der Waals surface area (Å²) in [7, 11) is 0. The third kappa shape index (κ3) is 5.96. The van der Waals surface area contributed by atoms with Gasteiger partial charge in [0.15, 0.2) is 0 Å². The number of anilines is 1. The monoisotopic (exact) mass is 295 g/mol. The zero-order valence-electron chi connectivity index (χ0n) is 11.6. The van der Waals surface area contributed by atoms with E-state index in [-0.39, 0.29) is 12.5 Å². The van der Waals surface area contributed by atoms with Gasteiger partial charge in [0, 0.05) is 17.0 Å². The van der Waals surface area contributed by atoms with Crippen LogP contribution in [0.2, 0.25) is 5.02 Å². The fourth-order valence-electron chi connectivity index (χ4n) is 1.33. The first-order valence-electron chi connectivity index (χ1n) is 6.36. The summed E-state index contributed by atoms with van der Waals surface area (Å²) in [6.07, 6.45) is -0.157. The molecule has 0 aliphatic rings. The molecule has 2 N–H and O–H groups in total. The Balaban J connectivity index is 2.79. The van der Waals surface area contributed by atoms with Crippen molar-refractivity contribution in [3.05, 3.63) is 28.8 Å². The van der Waals surface area contributed by atoms with Gasteiger partial charge < -0.3 is 9.84 Å². The van der Waals surface area contributed by atoms with E-state index in [0.29, 0.717) is 29.3 Å². The topological polar surface area (TPSA) is 58.6 Å². The van der Waals surface area contributed by atoms with Gasteiger partial charge >= 0.3 is 6.09 Å². The smallest absolute Gasteiger partial charge is 0.411 e. The maximum atomic E-state index is 11.6. The van der Waals surface area contributed by atoms with Crippen molar-refractivity contribution >= 4 is 23.4 Å². The van der Waals surface area contributed by atoms with Crippen molar-refractivity contribution in [2.24, 2.45) is 5.92 Å². The summed E-state index contributed by atoms with van der Waals surface area (Å²) in [6, 6.07) is 4.99. The summed E-state index contributed by atoms with van der Waals surface area (Å²) < 4.78 is 5.05. The predicted molar refractivity (Wildman–Crippen MR) is 79.8 cm³/mol. The van der Waals surface area contributed by atoms with E-state index in [9.17, 15) is 4.79 Å². The number of carbonyl (C=O) groups is 1. The highest BCUT2D eigenvalue weighted by atomic mass is 35.5. The second-order valence-electron chi connectivity index (χ2n) is 4.58. The van der Waals surface area contributed by atoms with E-state index in [1.807, 2.05) is 13.8 Å². The standard InChI is InChI=1S/C15H18ClNO3/c1-11(2)10-20-15(19)17-14-7-6-13(16)9-12(14)5-3-4-8-18/h6-7,9,11,18H,4,8,10H2,1-2H3,(H,17,19). The zero-order chi connectivity index (χ0) is 15.0. The van der Waals surface area contributed by atoms with E-state index in [0.717, 1.165) is 0 Å². The fraction of sp³-hybridized carbons (Fsp3) is 0.400. The number of rotatable bonds is 4. The lowest BCUT2D eigenvalue weighted by Crippen LogP contribution is -2.17. The second kappa shape index (κ2) is 8.47. The van der Waals surface area contributed by atoms with E-state index in [1.54, 1.807) is 18.2 Å². The normalized spacial score (nSPS) is 9.85. The molecule has 0 aliphatic carbocycles. The molecule has 20 heavy (non-hydrogen) atoms. The number of aliphatic hydroxyl groups is 1. The Morgan fingerprint density at radius 3 is 2.90 bits per heavy atom. The maximum absolute atomic E-state index is 11.6. The number of benzene rings is 1. The lowest BCUT2D eigenvalue weighted by Gasteiger charge is -2.10. The fourth-order valence-corrected chi connectivity index (χ4v) is 1.50. The van der Waals surface area contributed by atoms with Crippen LogP contribution in [0.3, 0.4) is 0 Å². The summed E-state index contributed by atoms with van der Waals surface area (Å²) in [5.74, 6) is 5.93. The molecule has 0 aliphatic heterocycles. The van der Waals surface area contributed by atoms with Gasteiger partial charge in [-0.25, -0.2) is 4.79 Å². The Morgan fingerprint density at radius 1 is 1.50 bits per heavy atom. The van der Waals surface area contributed by atoms with Crippen LogP contribution in [-0.2, 0) is 4.74 Å². The van der Waals surface area contributed by atoms with E-state index >= 15 is 0 Å². The Hall–Kier alpha value is -1.70. The second-order valence-corrected chi connectivity index (χ2v) is 5.02. The van der Waals surface area contributed by atoms with Crippen LogP contribution >= 0.6 is 11.6 Å². The van der Waals surface area contributed by atoms with Crippen molar-refractivity contribution in [1.82, 2.24) is 0 Å². The summed E-state index contributed by atoms with van der Waals surface area (Å²) in [4.78, 5) is 11.6. The molecule has 0 saturated heterocycles. The number of aliphatic hydroxyl groups excluding tert-OH is 1. The molecule has 1 aromatic carbocycles. The summed E-state index contributed by atoms with van der Waals surface area (Å²) in [5.41, 5.74) is 1.13. The Morgan fingerprint density at radius 2 is 2.25 bits per heavy atom. The number of amides is 1. The van der Waals surface area contributed by atoms with Crippen molar-refractivity contribution in [2.75, 3.05) is 18.5 Å². The maximum Gasteiger partial charge on any atom is 0.411 e. The van der Waals surface area contributed by atoms with Gasteiger partial charge in [0.05, 0.1) is 18.9 Å². The Bertz CT molecular complexity index is 518. The number of nitrogens with one attached hydrogen (secondary N) is 1. The van der Waals surface area contributed by atoms with Crippen LogP contribution in [0, 0.1) is 17.8 Å². The highest BCUT2D eigenvalue weighted by Gasteiger charge is 2.08. The van der Waals surface area contributed by atoms with Gasteiger partial charge in [-0.15, -0.1) is 0 Å². The first kappa shape index (κ1) is 16.4. The molecule has 5 heteroatoms. The highest BCUT2D eigenvalue weighted by Crippen LogP contribution is 2.20. The molecule has 4 nitrogen and oxygen atoms in total. The summed E-state index contributed by atoms with van der Waals surface area (Å²) in [6.45, 7) is 4.26. The van der Waals surface area contributed by atoms with E-state index < -0.39 is 6.09 Å². The molecule has 1 aromatic rings. The first-order valence-corrected chi connectivity index (χ1v) is 6.73. The minimum atomic E-state index is -0.522. The van der Waals surface area contributed by atoms with Gasteiger partial charge in [0.25, 0.3) is 0 Å². The van der Waals surface area contributed by atoms with E-state index in [1.165, 1.54) is 0 Å². The first-order chi connectivity index (χ1) is 9.52. The molecule has 108 valence electrons. The van der Waals surface area contributed by atoms with Crippen LogP contribution in [0.1, 0.15) is 25.8 Å². The molecular weight excluding hydrogens is 278 g/mol. The average molecular weight is 296 g/mol. The largest absolute Gasteiger partial charge is 0.449 e. The molecule has 0 bridgehead atoms. The van der Waals surface area contributed by atoms with E-state index in [2.05, 4.69) is 17.2 Å². The zero-order valence-corrected chi connectivity index (χ0v) is 12.3. The van der Waals surface area contributed by atoms with Crippen LogP contribution < -0.4 is 5.32 Å². The van der Waals surface area contributed by atoms with Gasteiger partial charge in [-0.3, -0.25) is 5.32 Å². The minimum absolute atomic E-state index is 0.00718. The van der Waals surface area contributed by atoms with Crippen molar-refractivity contribution < 1.29 is 14.6 Å². The minimum Gasteiger partial charge on any atom is -0.449 e. The van der Waals surface area contributed by atoms with Crippen LogP contribution in [0.5, 0.6) is 0 Å². The average Bonchev–Trinajstić information content (AvgIpc) is 2.39. The molecule has 0 radical (unpaired) electrons. The van der Waals surface area contributed by atoms with Crippen LogP contribution in [0.15, 0.2) is 18.2 Å². The molecule has 0 fully saturated rings. The molecule has 0 spiro atoms. The third-order valence-corrected chi connectivity index (χ3v) is 2.46. The van der Waals surface area contributed by atoms with Crippen molar-refractivity contribution in [1.29, 1.82) is 0 Å². The summed E-state index contributed by atoms with van der Waals surface area (Å²) >= 11 is 5.91. The van der Waals surface area contributed by atoms with Crippen molar-refractivity contribution in [3.63, 3.8) is 0 Å². The predicted octanol–water partition coefficient (Wildman–Crippen LogP) is 3.28. The molecule has 0 unspecified atom stereocenters. The number of carbonyl (C=O) groups excluding carboxylic acids is 1. The van der Waals surface area contributed by atoms with Gasteiger partial charge in [0.1, 0.15) is 0 Å². The lowest BCUT2D eigenvalue weighted by molar-refractivity contribution is 0.147. The molecule has 1 amide bonds. The van der Waals surface area contributed by atoms with Gasteiger partial charge in [-0.1, -0.05) is 37.3 Å². The molecular formula is C15H18ClNO3. The third-order valence-electron chi connectivity index (χ3n) is 2.23. The Kier molecular flexibility index (Phi) is 6.92. The quantitative estimate of drug-likeness (QED) is 0.838. The molecule has 0 saturated carbocycles. The summed E-state index contributed by atoms with van der Waals surface area (Å²) in [5, 5.41) is 11.9. The van der Waals surface area contributed by atoms with Crippen LogP contribution in [0.4, 0.5) is 10.5 Å². The number of hydrogen-bond donors (Lipinski definition) is 2. The van der Waals surface area contributed by atoms with E-state index in [4.69, 9.17) is 21.4 Å². The van der Waals surface area contributed by atoms with Gasteiger partial charge in [-0.05, 0) is 24.1 Å². The molecule has 0 aromatic heterocycles. The Labute approximate surface area is 124 Å². The highest BCUT2D eigenvalue weighted by molar-refractivity contribution is 6.30. The van der Waals surface area contributed by atoms with Gasteiger partial charge in [-0.2, -0.15) is 0 Å². The van der Waals surface area contributed by atoms with Crippen LogP contribution in [0.25, 0.3) is 0 Å². The van der Waals surface area contributed by atoms with Crippen molar-refractivity contribution in [2.45, 2.75) is 20.3 Å². The van der Waals surface area contributed by atoms with Crippen molar-refractivity contribution in [3.8, 4) is 11.8 Å². The van der Waals surface area contributed by atoms with Gasteiger partial charge in [0.2, 0.25) is 0 Å². The molecule has 0 heterocycles. The SMILES string of the molecule is CC(C)COC(=O)Nc1ccc(Cl)cc1C#CCCO. The number of ether oxygens (including phenoxy) is 1. The molecule has 1 rings (SSSR count). The lowest BCUT2D eigenvalue weighted by atomic mass is 10.2.